The Morgan fingerprint density at radius 3 is 2.18 bits per heavy atom. The van der Waals surface area contributed by atoms with Gasteiger partial charge in [-0.1, -0.05) is 47.5 Å². The molecule has 0 radical (unpaired) electrons. The molecular formula is C18H16Cl2N4O3S. The largest absolute Gasteiger partial charge is 0.336 e. The smallest absolute Gasteiger partial charge is 0.266 e. The summed E-state index contributed by atoms with van der Waals surface area (Å²) in [5, 5.41) is 4.24. The number of sulfonamides is 1. The Morgan fingerprint density at radius 1 is 0.893 bits per heavy atom. The molecule has 2 aromatic carbocycles. The maximum Gasteiger partial charge on any atom is 0.266 e. The minimum atomic E-state index is -3.79. The Labute approximate surface area is 172 Å². The van der Waals surface area contributed by atoms with Crippen LogP contribution in [0.3, 0.4) is 0 Å². The van der Waals surface area contributed by atoms with E-state index in [0.717, 1.165) is 5.56 Å². The number of nitrogens with zero attached hydrogens (tertiary/aromatic N) is 4. The molecule has 0 amide bonds. The van der Waals surface area contributed by atoms with Gasteiger partial charge in [0.2, 0.25) is 10.0 Å². The van der Waals surface area contributed by atoms with Crippen molar-refractivity contribution in [1.29, 1.82) is 0 Å². The van der Waals surface area contributed by atoms with Crippen LogP contribution in [0.15, 0.2) is 57.9 Å². The van der Waals surface area contributed by atoms with Crippen molar-refractivity contribution < 1.29 is 12.9 Å². The van der Waals surface area contributed by atoms with Crippen LogP contribution in [0, 0.1) is 0 Å². The number of halogens is 2. The van der Waals surface area contributed by atoms with Crippen molar-refractivity contribution in [2.45, 2.75) is 4.90 Å². The van der Waals surface area contributed by atoms with Crippen LogP contribution in [0.5, 0.6) is 0 Å². The van der Waals surface area contributed by atoms with Crippen molar-refractivity contribution >= 4 is 39.2 Å². The average Bonchev–Trinajstić information content (AvgIpc) is 3.19. The van der Waals surface area contributed by atoms with E-state index in [4.69, 9.17) is 27.7 Å². The first-order chi connectivity index (χ1) is 13.5. The molecule has 1 aromatic heterocycles. The molecule has 1 fully saturated rings. The van der Waals surface area contributed by atoms with Gasteiger partial charge in [-0.3, -0.25) is 0 Å². The van der Waals surface area contributed by atoms with E-state index in [-0.39, 0.29) is 28.0 Å². The van der Waals surface area contributed by atoms with Gasteiger partial charge in [0.25, 0.3) is 11.8 Å². The molecule has 4 rings (SSSR count). The average molecular weight is 439 g/mol. The van der Waals surface area contributed by atoms with Crippen molar-refractivity contribution in [2.24, 2.45) is 0 Å². The van der Waals surface area contributed by atoms with Crippen molar-refractivity contribution in [3.63, 3.8) is 0 Å². The number of hydrogen-bond acceptors (Lipinski definition) is 6. The third kappa shape index (κ3) is 3.60. The van der Waals surface area contributed by atoms with Gasteiger partial charge in [0, 0.05) is 31.7 Å². The van der Waals surface area contributed by atoms with E-state index >= 15 is 0 Å². The first kappa shape index (κ1) is 19.2. The summed E-state index contributed by atoms with van der Waals surface area (Å²) in [5.74, 6) is 0.861. The zero-order chi connectivity index (χ0) is 19.7. The van der Waals surface area contributed by atoms with E-state index < -0.39 is 10.0 Å². The fourth-order valence-corrected chi connectivity index (χ4v) is 5.54. The minimum absolute atomic E-state index is 0.0577. The molecule has 3 aromatic rings. The van der Waals surface area contributed by atoms with E-state index in [1.165, 1.54) is 16.4 Å². The van der Waals surface area contributed by atoms with Gasteiger partial charge < -0.3 is 9.42 Å². The molecule has 1 aliphatic heterocycles. The van der Waals surface area contributed by atoms with Gasteiger partial charge in [-0.2, -0.15) is 9.29 Å². The maximum atomic E-state index is 12.9. The molecule has 0 N–H and O–H groups in total. The van der Waals surface area contributed by atoms with Crippen LogP contribution in [0.25, 0.3) is 11.5 Å². The lowest BCUT2D eigenvalue weighted by atomic mass is 10.2. The summed E-state index contributed by atoms with van der Waals surface area (Å²) in [7, 11) is -3.79. The topological polar surface area (TPSA) is 79.5 Å². The first-order valence-corrected chi connectivity index (χ1v) is 10.7. The van der Waals surface area contributed by atoms with Gasteiger partial charge in [0.1, 0.15) is 4.90 Å². The highest BCUT2D eigenvalue weighted by atomic mass is 35.5. The summed E-state index contributed by atoms with van der Waals surface area (Å²) in [6.07, 6.45) is 0. The second kappa shape index (κ2) is 7.71. The number of hydrogen-bond donors (Lipinski definition) is 0. The Bertz CT molecular complexity index is 1060. The Balaban J connectivity index is 1.49. The zero-order valence-electron chi connectivity index (χ0n) is 14.6. The lowest BCUT2D eigenvalue weighted by Crippen LogP contribution is -2.49. The summed E-state index contributed by atoms with van der Waals surface area (Å²) in [5.41, 5.74) is 0.829. The predicted octanol–water partition coefficient (Wildman–Crippen LogP) is 3.55. The molecule has 2 heterocycles. The molecule has 0 aliphatic carbocycles. The van der Waals surface area contributed by atoms with Crippen LogP contribution in [0.2, 0.25) is 10.0 Å². The fraction of sp³-hybridized carbons (Fsp3) is 0.222. The van der Waals surface area contributed by atoms with E-state index in [0.29, 0.717) is 24.9 Å². The summed E-state index contributed by atoms with van der Waals surface area (Å²) >= 11 is 12.2. The lowest BCUT2D eigenvalue weighted by Gasteiger charge is -2.33. The Kier molecular flexibility index (Phi) is 5.29. The van der Waals surface area contributed by atoms with Crippen LogP contribution in [0.4, 0.5) is 5.95 Å². The fourth-order valence-electron chi connectivity index (χ4n) is 3.03. The van der Waals surface area contributed by atoms with E-state index in [9.17, 15) is 8.42 Å². The minimum Gasteiger partial charge on any atom is -0.336 e. The van der Waals surface area contributed by atoms with Gasteiger partial charge in [-0.25, -0.2) is 8.42 Å². The second-order valence-electron chi connectivity index (χ2n) is 6.21. The van der Waals surface area contributed by atoms with Gasteiger partial charge in [0.15, 0.2) is 0 Å². The molecule has 28 heavy (non-hydrogen) atoms. The number of anilines is 1. The molecule has 0 atom stereocenters. The molecule has 0 spiro atoms. The van der Waals surface area contributed by atoms with Gasteiger partial charge in [-0.05, 0) is 29.4 Å². The highest BCUT2D eigenvalue weighted by Gasteiger charge is 2.32. The summed E-state index contributed by atoms with van der Waals surface area (Å²) < 4.78 is 32.6. The monoisotopic (exact) mass is 438 g/mol. The lowest BCUT2D eigenvalue weighted by molar-refractivity contribution is 0.377. The highest BCUT2D eigenvalue weighted by molar-refractivity contribution is 7.89. The van der Waals surface area contributed by atoms with Crippen LogP contribution >= 0.6 is 23.2 Å². The van der Waals surface area contributed by atoms with Crippen molar-refractivity contribution in [1.82, 2.24) is 14.4 Å². The summed E-state index contributed by atoms with van der Waals surface area (Å²) in [4.78, 5) is 6.24. The number of benzene rings is 2. The van der Waals surface area contributed by atoms with Crippen LogP contribution < -0.4 is 4.90 Å². The van der Waals surface area contributed by atoms with Gasteiger partial charge in [-0.15, -0.1) is 0 Å². The predicted molar refractivity (Wildman–Crippen MR) is 107 cm³/mol. The molecule has 1 aliphatic rings. The number of aromatic nitrogens is 2. The normalized spacial score (nSPS) is 15.7. The Morgan fingerprint density at radius 2 is 1.54 bits per heavy atom. The van der Waals surface area contributed by atoms with Crippen molar-refractivity contribution in [3.8, 4) is 11.5 Å². The van der Waals surface area contributed by atoms with Crippen molar-refractivity contribution in [3.05, 3.63) is 58.6 Å². The third-order valence-corrected chi connectivity index (χ3v) is 7.33. The zero-order valence-corrected chi connectivity index (χ0v) is 17.0. The van der Waals surface area contributed by atoms with Gasteiger partial charge in [0.05, 0.1) is 10.0 Å². The molecule has 0 saturated carbocycles. The summed E-state index contributed by atoms with van der Waals surface area (Å²) in [6.45, 7) is 1.38. The highest BCUT2D eigenvalue weighted by Crippen LogP contribution is 2.32. The van der Waals surface area contributed by atoms with Crippen LogP contribution in [-0.2, 0) is 10.0 Å². The van der Waals surface area contributed by atoms with E-state index in [1.807, 2.05) is 35.2 Å². The van der Waals surface area contributed by atoms with E-state index in [1.54, 1.807) is 6.07 Å². The molecule has 7 nitrogen and oxygen atoms in total. The summed E-state index contributed by atoms with van der Waals surface area (Å²) in [6, 6.07) is 14.1. The molecule has 0 bridgehead atoms. The number of piperazine rings is 1. The first-order valence-electron chi connectivity index (χ1n) is 8.55. The van der Waals surface area contributed by atoms with Crippen LogP contribution in [0.1, 0.15) is 0 Å². The third-order valence-electron chi connectivity index (χ3n) is 4.47. The second-order valence-corrected chi connectivity index (χ2v) is 8.90. The van der Waals surface area contributed by atoms with Gasteiger partial charge >= 0.3 is 0 Å². The molecular weight excluding hydrogens is 423 g/mol. The number of rotatable bonds is 4. The molecule has 1 saturated heterocycles. The quantitative estimate of drug-likeness (QED) is 0.619. The maximum absolute atomic E-state index is 12.9. The molecule has 10 heteroatoms. The van der Waals surface area contributed by atoms with Crippen molar-refractivity contribution in [2.75, 3.05) is 31.1 Å². The molecule has 146 valence electrons. The van der Waals surface area contributed by atoms with Crippen LogP contribution in [-0.4, -0.2) is 49.0 Å². The molecule has 0 unspecified atom stereocenters. The SMILES string of the molecule is O=S(=O)(c1c(Cl)cccc1Cl)N1CCN(c2noc(-c3ccccc3)n2)CC1. The standard InChI is InChI=1S/C18H16Cl2N4O3S/c19-14-7-4-8-15(20)16(14)28(25,26)24-11-9-23(10-12-24)18-21-17(27-22-18)13-5-2-1-3-6-13/h1-8H,9-12H2. The van der Waals surface area contributed by atoms with E-state index in [2.05, 4.69) is 10.1 Å². The Hall–Kier alpha value is -2.13.